The summed E-state index contributed by atoms with van der Waals surface area (Å²) in [7, 11) is 0. The van der Waals surface area contributed by atoms with E-state index in [0.717, 1.165) is 19.4 Å². The number of nitrogens with two attached hydrogens (primary N) is 1. The molecule has 1 aliphatic rings. The monoisotopic (exact) mass is 312 g/mol. The molecular formula is C14H17ClN2O4. The fraction of sp³-hybridized carbons (Fsp3) is 0.429. The van der Waals surface area contributed by atoms with Crippen LogP contribution in [0, 0.1) is 0 Å². The van der Waals surface area contributed by atoms with Crippen LogP contribution in [0.25, 0.3) is 0 Å². The summed E-state index contributed by atoms with van der Waals surface area (Å²) in [5.41, 5.74) is 5.38. The molecule has 1 aromatic rings. The van der Waals surface area contributed by atoms with Gasteiger partial charge in [-0.15, -0.1) is 0 Å². The third-order valence-electron chi connectivity index (χ3n) is 3.12. The Morgan fingerprint density at radius 1 is 1.48 bits per heavy atom. The smallest absolute Gasteiger partial charge is 0.258 e. The first-order valence-electron chi connectivity index (χ1n) is 6.66. The average Bonchev–Trinajstić information content (AvgIpc) is 2.97. The van der Waals surface area contributed by atoms with Crippen molar-refractivity contribution >= 4 is 23.4 Å². The van der Waals surface area contributed by atoms with Gasteiger partial charge in [0.05, 0.1) is 11.7 Å². The van der Waals surface area contributed by atoms with Crippen molar-refractivity contribution < 1.29 is 19.1 Å². The molecule has 7 heteroatoms. The Hall–Kier alpha value is -1.79. The Balaban J connectivity index is 1.84. The quantitative estimate of drug-likeness (QED) is 0.823. The maximum Gasteiger partial charge on any atom is 0.258 e. The standard InChI is InChI=1S/C14H17ClN2O4/c15-9-3-4-12(11(6-9)14(16)19)21-8-13(18)17-7-10-2-1-5-20-10/h3-4,6,10H,1-2,5,7-8H2,(H2,16,19)(H,17,18)/t10-/m1/s1. The van der Waals surface area contributed by atoms with E-state index >= 15 is 0 Å². The summed E-state index contributed by atoms with van der Waals surface area (Å²) in [6.45, 7) is 1.00. The summed E-state index contributed by atoms with van der Waals surface area (Å²) < 4.78 is 10.7. The lowest BCUT2D eigenvalue weighted by Crippen LogP contribution is -2.35. The highest BCUT2D eigenvalue weighted by Gasteiger charge is 2.17. The topological polar surface area (TPSA) is 90.7 Å². The summed E-state index contributed by atoms with van der Waals surface area (Å²) in [5, 5.41) is 3.10. The zero-order valence-corrected chi connectivity index (χ0v) is 12.2. The van der Waals surface area contributed by atoms with Gasteiger partial charge in [-0.1, -0.05) is 11.6 Å². The first kappa shape index (κ1) is 15.6. The van der Waals surface area contributed by atoms with E-state index in [1.165, 1.54) is 12.1 Å². The molecule has 0 aliphatic carbocycles. The van der Waals surface area contributed by atoms with E-state index in [-0.39, 0.29) is 29.9 Å². The second-order valence-corrected chi connectivity index (χ2v) is 5.17. The second-order valence-electron chi connectivity index (χ2n) is 4.73. The van der Waals surface area contributed by atoms with E-state index < -0.39 is 5.91 Å². The highest BCUT2D eigenvalue weighted by molar-refractivity contribution is 6.31. The van der Waals surface area contributed by atoms with Gasteiger partial charge >= 0.3 is 0 Å². The van der Waals surface area contributed by atoms with Gasteiger partial charge in [0.25, 0.3) is 11.8 Å². The molecule has 2 amide bonds. The molecule has 114 valence electrons. The second kappa shape index (κ2) is 7.28. The first-order valence-corrected chi connectivity index (χ1v) is 7.04. The molecule has 1 aromatic carbocycles. The van der Waals surface area contributed by atoms with Gasteiger partial charge in [0.1, 0.15) is 5.75 Å². The Kier molecular flexibility index (Phi) is 5.41. The van der Waals surface area contributed by atoms with Crippen LogP contribution in [0.1, 0.15) is 23.2 Å². The van der Waals surface area contributed by atoms with Crippen molar-refractivity contribution in [1.82, 2.24) is 5.32 Å². The van der Waals surface area contributed by atoms with Crippen molar-refractivity contribution in [2.75, 3.05) is 19.8 Å². The summed E-state index contributed by atoms with van der Waals surface area (Å²) in [6.07, 6.45) is 2.04. The van der Waals surface area contributed by atoms with E-state index in [4.69, 9.17) is 26.8 Å². The maximum atomic E-state index is 11.7. The van der Waals surface area contributed by atoms with Crippen LogP contribution in [0.4, 0.5) is 0 Å². The molecular weight excluding hydrogens is 296 g/mol. The van der Waals surface area contributed by atoms with E-state index in [2.05, 4.69) is 5.32 Å². The lowest BCUT2D eigenvalue weighted by molar-refractivity contribution is -0.123. The largest absolute Gasteiger partial charge is 0.483 e. The number of carbonyl (C=O) groups is 2. The van der Waals surface area contributed by atoms with Crippen molar-refractivity contribution in [3.05, 3.63) is 28.8 Å². The Morgan fingerprint density at radius 2 is 2.29 bits per heavy atom. The number of halogens is 1. The van der Waals surface area contributed by atoms with Crippen LogP contribution in [0.5, 0.6) is 5.75 Å². The minimum atomic E-state index is -0.660. The third kappa shape index (κ3) is 4.61. The zero-order chi connectivity index (χ0) is 15.2. The minimum Gasteiger partial charge on any atom is -0.483 e. The van der Waals surface area contributed by atoms with Gasteiger partial charge in [0, 0.05) is 18.2 Å². The Morgan fingerprint density at radius 3 is 2.95 bits per heavy atom. The summed E-state index contributed by atoms with van der Waals surface area (Å²) in [4.78, 5) is 23.0. The number of hydrogen-bond donors (Lipinski definition) is 2. The fourth-order valence-electron chi connectivity index (χ4n) is 2.05. The normalized spacial score (nSPS) is 17.5. The molecule has 0 aromatic heterocycles. The van der Waals surface area contributed by atoms with Crippen LogP contribution in [-0.2, 0) is 9.53 Å². The molecule has 1 heterocycles. The van der Waals surface area contributed by atoms with Crippen LogP contribution >= 0.6 is 11.6 Å². The Bertz CT molecular complexity index is 530. The molecule has 6 nitrogen and oxygen atoms in total. The predicted octanol–water partition coefficient (Wildman–Crippen LogP) is 1.11. The molecule has 21 heavy (non-hydrogen) atoms. The van der Waals surface area contributed by atoms with Gasteiger partial charge in [-0.25, -0.2) is 0 Å². The van der Waals surface area contributed by atoms with E-state index in [1.54, 1.807) is 6.07 Å². The third-order valence-corrected chi connectivity index (χ3v) is 3.35. The molecule has 0 unspecified atom stereocenters. The molecule has 1 saturated heterocycles. The van der Waals surface area contributed by atoms with Crippen molar-refractivity contribution in [2.24, 2.45) is 5.73 Å². The highest BCUT2D eigenvalue weighted by atomic mass is 35.5. The first-order chi connectivity index (χ1) is 10.1. The van der Waals surface area contributed by atoms with Gasteiger partial charge < -0.3 is 20.5 Å². The lowest BCUT2D eigenvalue weighted by Gasteiger charge is -2.12. The highest BCUT2D eigenvalue weighted by Crippen LogP contribution is 2.22. The molecule has 3 N–H and O–H groups in total. The van der Waals surface area contributed by atoms with Gasteiger partial charge in [0.2, 0.25) is 0 Å². The van der Waals surface area contributed by atoms with Gasteiger partial charge in [-0.2, -0.15) is 0 Å². The molecule has 1 aliphatic heterocycles. The van der Waals surface area contributed by atoms with E-state index in [9.17, 15) is 9.59 Å². The fourth-order valence-corrected chi connectivity index (χ4v) is 2.22. The SMILES string of the molecule is NC(=O)c1cc(Cl)ccc1OCC(=O)NC[C@H]1CCCO1. The molecule has 0 saturated carbocycles. The van der Waals surface area contributed by atoms with Gasteiger partial charge in [-0.3, -0.25) is 9.59 Å². The molecule has 0 bridgehead atoms. The summed E-state index contributed by atoms with van der Waals surface area (Å²) in [5.74, 6) is -0.706. The van der Waals surface area contributed by atoms with Crippen LogP contribution in [0.15, 0.2) is 18.2 Å². The van der Waals surface area contributed by atoms with Crippen molar-refractivity contribution in [3.8, 4) is 5.75 Å². The molecule has 1 atom stereocenters. The number of hydrogen-bond acceptors (Lipinski definition) is 4. The van der Waals surface area contributed by atoms with Crippen molar-refractivity contribution in [3.63, 3.8) is 0 Å². The number of primary amides is 1. The minimum absolute atomic E-state index is 0.0747. The van der Waals surface area contributed by atoms with Crippen LogP contribution in [0.2, 0.25) is 5.02 Å². The molecule has 2 rings (SSSR count). The Labute approximate surface area is 127 Å². The number of benzene rings is 1. The van der Waals surface area contributed by atoms with Crippen LogP contribution in [0.3, 0.4) is 0 Å². The molecule has 0 radical (unpaired) electrons. The number of rotatable bonds is 6. The number of carbonyl (C=O) groups excluding carboxylic acids is 2. The van der Waals surface area contributed by atoms with Crippen LogP contribution < -0.4 is 15.8 Å². The lowest BCUT2D eigenvalue weighted by atomic mass is 10.2. The number of amides is 2. The van der Waals surface area contributed by atoms with Crippen LogP contribution in [-0.4, -0.2) is 37.7 Å². The predicted molar refractivity (Wildman–Crippen MR) is 77.4 cm³/mol. The van der Waals surface area contributed by atoms with Gasteiger partial charge in [0.15, 0.2) is 6.61 Å². The van der Waals surface area contributed by atoms with E-state index in [0.29, 0.717) is 11.6 Å². The van der Waals surface area contributed by atoms with E-state index in [1.807, 2.05) is 0 Å². The van der Waals surface area contributed by atoms with Crippen molar-refractivity contribution in [2.45, 2.75) is 18.9 Å². The zero-order valence-electron chi connectivity index (χ0n) is 11.4. The number of ether oxygens (including phenoxy) is 2. The maximum absolute atomic E-state index is 11.7. The average molecular weight is 313 g/mol. The molecule has 0 spiro atoms. The number of nitrogens with one attached hydrogen (secondary N) is 1. The summed E-state index contributed by atoms with van der Waals surface area (Å²) >= 11 is 5.79. The van der Waals surface area contributed by atoms with Crippen molar-refractivity contribution in [1.29, 1.82) is 0 Å². The van der Waals surface area contributed by atoms with Gasteiger partial charge in [-0.05, 0) is 31.0 Å². The molecule has 1 fully saturated rings. The summed E-state index contributed by atoms with van der Waals surface area (Å²) in [6, 6.07) is 4.48.